The highest BCUT2D eigenvalue weighted by molar-refractivity contribution is 4.49. The van der Waals surface area contributed by atoms with Gasteiger partial charge in [0.05, 0.1) is 0 Å². The summed E-state index contributed by atoms with van der Waals surface area (Å²) >= 11 is 0. The van der Waals surface area contributed by atoms with Gasteiger partial charge in [0.15, 0.2) is 0 Å². The van der Waals surface area contributed by atoms with Gasteiger partial charge in [-0.25, -0.2) is 19.8 Å². The summed E-state index contributed by atoms with van der Waals surface area (Å²) in [5.41, 5.74) is -0.537. The molecule has 0 saturated heterocycles. The van der Waals surface area contributed by atoms with Gasteiger partial charge < -0.3 is 0 Å². The van der Waals surface area contributed by atoms with Gasteiger partial charge in [0, 0.05) is 0 Å². The van der Waals surface area contributed by atoms with Gasteiger partial charge in [0.2, 0.25) is 0 Å². The molecule has 0 saturated carbocycles. The van der Waals surface area contributed by atoms with E-state index in [-0.39, 0.29) is 11.4 Å². The summed E-state index contributed by atoms with van der Waals surface area (Å²) in [6, 6.07) is 0. The SMILES string of the molecule is O=c1[nH]cn[nH]1.O=c1[nH]cn[nH]1. The van der Waals surface area contributed by atoms with Gasteiger partial charge in [-0.05, 0) is 0 Å². The van der Waals surface area contributed by atoms with E-state index in [9.17, 15) is 9.59 Å². The highest BCUT2D eigenvalue weighted by Gasteiger charge is 1.70. The van der Waals surface area contributed by atoms with Crippen LogP contribution in [0.15, 0.2) is 22.2 Å². The van der Waals surface area contributed by atoms with E-state index in [2.05, 4.69) is 30.4 Å². The van der Waals surface area contributed by atoms with E-state index < -0.39 is 0 Å². The lowest BCUT2D eigenvalue weighted by Gasteiger charge is -1.49. The Balaban J connectivity index is 0.000000120. The molecular weight excluding hydrogens is 164 g/mol. The molecule has 0 atom stereocenters. The van der Waals surface area contributed by atoms with Crippen molar-refractivity contribution < 1.29 is 0 Å². The first-order valence-electron chi connectivity index (χ1n) is 2.95. The standard InChI is InChI=1S/2C2H3N3O/c2*6-2-3-1-4-5-2/h2*1H,(H2,3,4,5,6). The third-order valence-corrected chi connectivity index (χ3v) is 0.853. The minimum atomic E-state index is -0.269. The van der Waals surface area contributed by atoms with Crippen LogP contribution in [0.3, 0.4) is 0 Å². The molecule has 0 radical (unpaired) electrons. The summed E-state index contributed by atoms with van der Waals surface area (Å²) in [6.07, 6.45) is 2.59. The first-order chi connectivity index (χ1) is 5.79. The Bertz CT molecular complexity index is 333. The van der Waals surface area contributed by atoms with Crippen LogP contribution in [0.1, 0.15) is 0 Å². The second-order valence-electron chi connectivity index (χ2n) is 1.69. The molecule has 0 bridgehead atoms. The molecule has 0 amide bonds. The van der Waals surface area contributed by atoms with Crippen molar-refractivity contribution in [1.82, 2.24) is 30.4 Å². The Kier molecular flexibility index (Phi) is 2.60. The van der Waals surface area contributed by atoms with Crippen LogP contribution in [0.4, 0.5) is 0 Å². The molecule has 2 heterocycles. The molecule has 8 heteroatoms. The van der Waals surface area contributed by atoms with Crippen LogP contribution in [0.25, 0.3) is 0 Å². The fraction of sp³-hybridized carbons (Fsp3) is 0. The molecule has 0 aliphatic carbocycles. The van der Waals surface area contributed by atoms with Crippen LogP contribution < -0.4 is 11.4 Å². The summed E-state index contributed by atoms with van der Waals surface area (Å²) in [7, 11) is 0. The quantitative estimate of drug-likeness (QED) is 0.372. The first kappa shape index (κ1) is 7.98. The van der Waals surface area contributed by atoms with Crippen molar-refractivity contribution >= 4 is 0 Å². The molecule has 8 nitrogen and oxygen atoms in total. The topological polar surface area (TPSA) is 123 Å². The first-order valence-corrected chi connectivity index (χ1v) is 2.95. The maximum atomic E-state index is 9.90. The van der Waals surface area contributed by atoms with Gasteiger partial charge in [-0.2, -0.15) is 10.2 Å². The molecule has 12 heavy (non-hydrogen) atoms. The fourth-order valence-electron chi connectivity index (χ4n) is 0.428. The number of rotatable bonds is 0. The molecule has 2 aromatic rings. The molecular formula is C4H6N6O2. The summed E-state index contributed by atoms with van der Waals surface area (Å²) < 4.78 is 0. The fourth-order valence-corrected chi connectivity index (χ4v) is 0.428. The average Bonchev–Trinajstić information content (AvgIpc) is 2.63. The highest BCUT2D eigenvalue weighted by atomic mass is 16.1. The predicted molar refractivity (Wildman–Crippen MR) is 38.4 cm³/mol. The Morgan fingerprint density at radius 3 is 1.42 bits per heavy atom. The number of nitrogens with zero attached hydrogens (tertiary/aromatic N) is 2. The molecule has 0 aromatic carbocycles. The highest BCUT2D eigenvalue weighted by Crippen LogP contribution is 1.43. The van der Waals surface area contributed by atoms with Crippen molar-refractivity contribution in [1.29, 1.82) is 0 Å². The number of aromatic amines is 4. The van der Waals surface area contributed by atoms with Crippen molar-refractivity contribution in [3.8, 4) is 0 Å². The lowest BCUT2D eigenvalue weighted by molar-refractivity contribution is 1.05. The van der Waals surface area contributed by atoms with Crippen LogP contribution in [0.5, 0.6) is 0 Å². The van der Waals surface area contributed by atoms with Crippen molar-refractivity contribution in [2.45, 2.75) is 0 Å². The number of hydrogen-bond acceptors (Lipinski definition) is 4. The van der Waals surface area contributed by atoms with Crippen molar-refractivity contribution in [2.24, 2.45) is 0 Å². The molecule has 0 aliphatic heterocycles. The maximum Gasteiger partial charge on any atom is 0.340 e. The van der Waals surface area contributed by atoms with Crippen LogP contribution in [0.2, 0.25) is 0 Å². The van der Waals surface area contributed by atoms with Crippen molar-refractivity contribution in [3.63, 3.8) is 0 Å². The molecule has 0 fully saturated rings. The zero-order valence-corrected chi connectivity index (χ0v) is 5.87. The summed E-state index contributed by atoms with van der Waals surface area (Å²) in [5, 5.41) is 10.9. The molecule has 0 aliphatic rings. The minimum Gasteiger partial charge on any atom is -0.296 e. The van der Waals surface area contributed by atoms with Crippen LogP contribution in [-0.2, 0) is 0 Å². The molecule has 64 valence electrons. The molecule has 0 unspecified atom stereocenters. The molecule has 4 N–H and O–H groups in total. The van der Waals surface area contributed by atoms with E-state index >= 15 is 0 Å². The molecule has 2 aromatic heterocycles. The maximum absolute atomic E-state index is 9.90. The normalized spacial score (nSPS) is 8.67. The number of nitrogens with one attached hydrogen (secondary N) is 4. The molecule has 2 rings (SSSR count). The number of hydrogen-bond donors (Lipinski definition) is 4. The number of aromatic nitrogens is 6. The monoisotopic (exact) mass is 170 g/mol. The van der Waals surface area contributed by atoms with E-state index in [0.29, 0.717) is 0 Å². The average molecular weight is 170 g/mol. The third kappa shape index (κ3) is 2.64. The minimum absolute atomic E-state index is 0.269. The zero-order chi connectivity index (χ0) is 8.81. The van der Waals surface area contributed by atoms with Crippen LogP contribution in [-0.4, -0.2) is 30.4 Å². The van der Waals surface area contributed by atoms with Gasteiger partial charge in [-0.15, -0.1) is 0 Å². The lowest BCUT2D eigenvalue weighted by atomic mass is 11.3. The second kappa shape index (κ2) is 3.91. The summed E-state index contributed by atoms with van der Waals surface area (Å²) in [4.78, 5) is 24.3. The Morgan fingerprint density at radius 1 is 0.917 bits per heavy atom. The van der Waals surface area contributed by atoms with Gasteiger partial charge in [-0.1, -0.05) is 0 Å². The number of H-pyrrole nitrogens is 4. The lowest BCUT2D eigenvalue weighted by Crippen LogP contribution is -1.99. The van der Waals surface area contributed by atoms with Gasteiger partial charge in [-0.3, -0.25) is 9.97 Å². The van der Waals surface area contributed by atoms with E-state index in [1.807, 2.05) is 0 Å². The molecule has 0 spiro atoms. The zero-order valence-electron chi connectivity index (χ0n) is 5.87. The van der Waals surface area contributed by atoms with Crippen LogP contribution in [0, 0.1) is 0 Å². The van der Waals surface area contributed by atoms with E-state index in [0.717, 1.165) is 0 Å². The van der Waals surface area contributed by atoms with Crippen molar-refractivity contribution in [2.75, 3.05) is 0 Å². The summed E-state index contributed by atoms with van der Waals surface area (Å²) in [6.45, 7) is 0. The van der Waals surface area contributed by atoms with Crippen LogP contribution >= 0.6 is 0 Å². The largest absolute Gasteiger partial charge is 0.340 e. The summed E-state index contributed by atoms with van der Waals surface area (Å²) in [5.74, 6) is 0. The van der Waals surface area contributed by atoms with Gasteiger partial charge >= 0.3 is 11.4 Å². The van der Waals surface area contributed by atoms with E-state index in [1.165, 1.54) is 12.7 Å². The van der Waals surface area contributed by atoms with E-state index in [4.69, 9.17) is 0 Å². The predicted octanol–water partition coefficient (Wildman–Crippen LogP) is -1.80. The second-order valence-corrected chi connectivity index (χ2v) is 1.69. The third-order valence-electron chi connectivity index (χ3n) is 0.853. The Labute approximate surface area is 65.1 Å². The smallest absolute Gasteiger partial charge is 0.296 e. The Hall–Kier alpha value is -2.12. The van der Waals surface area contributed by atoms with Gasteiger partial charge in [0.1, 0.15) is 12.7 Å². The Morgan fingerprint density at radius 2 is 1.33 bits per heavy atom. The van der Waals surface area contributed by atoms with Crippen molar-refractivity contribution in [3.05, 3.63) is 33.6 Å². The van der Waals surface area contributed by atoms with Gasteiger partial charge in [0.25, 0.3) is 0 Å². The van der Waals surface area contributed by atoms with E-state index in [1.54, 1.807) is 0 Å².